The number of carbonyl (C=O) groups is 2. The lowest BCUT2D eigenvalue weighted by Crippen LogP contribution is -2.53. The third kappa shape index (κ3) is 4.45. The first-order valence-electron chi connectivity index (χ1n) is 12.7. The van der Waals surface area contributed by atoms with Crippen molar-refractivity contribution in [3.63, 3.8) is 0 Å². The smallest absolute Gasteiger partial charge is 0.319 e. The van der Waals surface area contributed by atoms with Crippen LogP contribution in [-0.4, -0.2) is 103 Å². The highest BCUT2D eigenvalue weighted by atomic mass is 32.1. The van der Waals surface area contributed by atoms with Crippen LogP contribution >= 0.6 is 11.3 Å². The van der Waals surface area contributed by atoms with Crippen LogP contribution in [0.3, 0.4) is 0 Å². The normalized spacial score (nSPS) is 16.6. The van der Waals surface area contributed by atoms with Crippen LogP contribution in [0.5, 0.6) is 0 Å². The van der Waals surface area contributed by atoms with Gasteiger partial charge in [0.05, 0.1) is 29.2 Å². The van der Waals surface area contributed by atoms with Crippen molar-refractivity contribution in [2.45, 2.75) is 6.92 Å². The molecule has 2 aliphatic heterocycles. The average molecular weight is 537 g/mol. The highest BCUT2D eigenvalue weighted by molar-refractivity contribution is 7.19. The first-order chi connectivity index (χ1) is 18.3. The van der Waals surface area contributed by atoms with Gasteiger partial charge in [0.25, 0.3) is 5.91 Å². The number of aromatic nitrogens is 2. The SMILES string of the molecule is C=Cc1sc2c(C(=O)N3CCN(C(=O)N(C)C)CC3)c(=O)c3ccc(N4CCOCC4)nc3n2c1/C=C\C. The fraction of sp³-hybridized carbons (Fsp3) is 0.407. The molecule has 0 aromatic carbocycles. The number of piperazine rings is 1. The Morgan fingerprint density at radius 3 is 2.39 bits per heavy atom. The molecule has 5 heterocycles. The van der Waals surface area contributed by atoms with Gasteiger partial charge in [-0.05, 0) is 31.2 Å². The van der Waals surface area contributed by atoms with E-state index in [2.05, 4.69) is 11.5 Å². The second kappa shape index (κ2) is 10.6. The first kappa shape index (κ1) is 25.9. The number of hydrogen-bond donors (Lipinski definition) is 0. The number of thiazole rings is 1. The van der Waals surface area contributed by atoms with Gasteiger partial charge in [0.15, 0.2) is 5.65 Å². The number of nitrogens with zero attached hydrogens (tertiary/aromatic N) is 6. The molecular formula is C27H32N6O4S. The Hall–Kier alpha value is -3.70. The second-order valence-corrected chi connectivity index (χ2v) is 10.5. The highest BCUT2D eigenvalue weighted by Crippen LogP contribution is 2.32. The van der Waals surface area contributed by atoms with Crippen LogP contribution < -0.4 is 10.3 Å². The molecule has 3 aromatic rings. The van der Waals surface area contributed by atoms with Gasteiger partial charge in [0.1, 0.15) is 16.2 Å². The largest absolute Gasteiger partial charge is 0.378 e. The maximum Gasteiger partial charge on any atom is 0.319 e. The number of morpholine rings is 1. The second-order valence-electron chi connectivity index (χ2n) is 9.50. The summed E-state index contributed by atoms with van der Waals surface area (Å²) in [5, 5.41) is 0.392. The van der Waals surface area contributed by atoms with Gasteiger partial charge in [-0.15, -0.1) is 11.3 Å². The van der Waals surface area contributed by atoms with E-state index in [0.717, 1.165) is 29.5 Å². The molecule has 200 valence electrons. The van der Waals surface area contributed by atoms with Crippen LogP contribution in [0.1, 0.15) is 27.9 Å². The average Bonchev–Trinajstić information content (AvgIpc) is 3.31. The summed E-state index contributed by atoms with van der Waals surface area (Å²) in [6.45, 7) is 10.1. The van der Waals surface area contributed by atoms with Crippen LogP contribution in [0.15, 0.2) is 29.6 Å². The Kier molecular flexibility index (Phi) is 7.22. The summed E-state index contributed by atoms with van der Waals surface area (Å²) in [5.74, 6) is 0.444. The van der Waals surface area contributed by atoms with Crippen molar-refractivity contribution in [1.29, 1.82) is 0 Å². The number of pyridine rings is 2. The van der Waals surface area contributed by atoms with E-state index >= 15 is 0 Å². The zero-order chi connectivity index (χ0) is 27.0. The fourth-order valence-electron chi connectivity index (χ4n) is 4.97. The lowest BCUT2D eigenvalue weighted by Gasteiger charge is -2.36. The summed E-state index contributed by atoms with van der Waals surface area (Å²) in [7, 11) is 3.42. The molecular weight excluding hydrogens is 504 g/mol. The molecule has 0 N–H and O–H groups in total. The van der Waals surface area contributed by atoms with Crippen molar-refractivity contribution in [2.24, 2.45) is 0 Å². The molecule has 3 amide bonds. The Labute approximate surface area is 225 Å². The Balaban J connectivity index is 1.64. The number of fused-ring (bicyclic) bond motifs is 3. The number of anilines is 1. The van der Waals surface area contributed by atoms with Crippen molar-refractivity contribution in [1.82, 2.24) is 24.1 Å². The Morgan fingerprint density at radius 2 is 1.76 bits per heavy atom. The molecule has 2 saturated heterocycles. The first-order valence-corrected chi connectivity index (χ1v) is 13.5. The van der Waals surface area contributed by atoms with Crippen LogP contribution in [0, 0.1) is 0 Å². The van der Waals surface area contributed by atoms with Crippen molar-refractivity contribution in [2.75, 3.05) is 71.5 Å². The molecule has 0 spiro atoms. The predicted octanol–water partition coefficient (Wildman–Crippen LogP) is 2.86. The predicted molar refractivity (Wildman–Crippen MR) is 151 cm³/mol. The van der Waals surface area contributed by atoms with Crippen molar-refractivity contribution >= 4 is 57.1 Å². The summed E-state index contributed by atoms with van der Waals surface area (Å²) in [6.07, 6.45) is 5.62. The summed E-state index contributed by atoms with van der Waals surface area (Å²) < 4.78 is 7.41. The van der Waals surface area contributed by atoms with Gasteiger partial charge in [-0.25, -0.2) is 9.78 Å². The monoisotopic (exact) mass is 536 g/mol. The molecule has 2 aliphatic rings. The van der Waals surface area contributed by atoms with Crippen molar-refractivity contribution < 1.29 is 14.3 Å². The number of allylic oxidation sites excluding steroid dienone is 1. The van der Waals surface area contributed by atoms with Crippen molar-refractivity contribution in [3.05, 3.63) is 51.1 Å². The topological polar surface area (TPSA) is 90.7 Å². The zero-order valence-electron chi connectivity index (χ0n) is 22.0. The molecule has 0 bridgehead atoms. The molecule has 3 aromatic heterocycles. The number of rotatable bonds is 4. The Bertz CT molecular complexity index is 1490. The molecule has 10 nitrogen and oxygen atoms in total. The van der Waals surface area contributed by atoms with Gasteiger partial charge in [0, 0.05) is 53.4 Å². The summed E-state index contributed by atoms with van der Waals surface area (Å²) >= 11 is 1.36. The fourth-order valence-corrected chi connectivity index (χ4v) is 6.09. The maximum atomic E-state index is 13.9. The molecule has 2 fully saturated rings. The maximum absolute atomic E-state index is 13.9. The third-order valence-electron chi connectivity index (χ3n) is 6.94. The van der Waals surface area contributed by atoms with E-state index in [9.17, 15) is 14.4 Å². The van der Waals surface area contributed by atoms with Gasteiger partial charge in [-0.3, -0.25) is 14.0 Å². The molecule has 5 rings (SSSR count). The molecule has 11 heteroatoms. The quantitative estimate of drug-likeness (QED) is 0.510. The molecule has 0 unspecified atom stereocenters. The number of amides is 3. The number of hydrogen-bond acceptors (Lipinski definition) is 7. The van der Waals surface area contributed by atoms with Crippen LogP contribution in [-0.2, 0) is 4.74 Å². The molecule has 0 aliphatic carbocycles. The zero-order valence-corrected chi connectivity index (χ0v) is 22.8. The summed E-state index contributed by atoms with van der Waals surface area (Å²) in [6, 6.07) is 3.53. The van der Waals surface area contributed by atoms with Gasteiger partial charge >= 0.3 is 6.03 Å². The van der Waals surface area contributed by atoms with E-state index in [1.54, 1.807) is 36.0 Å². The summed E-state index contributed by atoms with van der Waals surface area (Å²) in [5.41, 5.74) is 1.15. The standard InChI is InChI=1S/C27H32N6O4S/c1-5-7-19-20(6-2)38-26-22(25(35)31-10-12-32(13-11-31)27(36)29(3)4)23(34)18-8-9-21(28-24(18)33(19)26)30-14-16-37-17-15-30/h5-9H,2,10-17H2,1,3-4H3/b7-5-. The minimum Gasteiger partial charge on any atom is -0.378 e. The minimum absolute atomic E-state index is 0.0858. The molecule has 0 saturated carbocycles. The number of urea groups is 1. The molecule has 0 atom stereocenters. The van der Waals surface area contributed by atoms with Crippen LogP contribution in [0.25, 0.3) is 28.0 Å². The van der Waals surface area contributed by atoms with Crippen LogP contribution in [0.4, 0.5) is 10.6 Å². The lowest BCUT2D eigenvalue weighted by molar-refractivity contribution is 0.0651. The number of carbonyl (C=O) groups excluding carboxylic acids is 2. The Morgan fingerprint density at radius 1 is 1.08 bits per heavy atom. The van der Waals surface area contributed by atoms with E-state index in [1.165, 1.54) is 16.2 Å². The number of ether oxygens (including phenoxy) is 1. The van der Waals surface area contributed by atoms with E-state index in [1.807, 2.05) is 29.5 Å². The van der Waals surface area contributed by atoms with Crippen LogP contribution in [0.2, 0.25) is 0 Å². The highest BCUT2D eigenvalue weighted by Gasteiger charge is 2.31. The lowest BCUT2D eigenvalue weighted by atomic mass is 10.1. The van der Waals surface area contributed by atoms with Gasteiger partial charge in [-0.2, -0.15) is 0 Å². The minimum atomic E-state index is -0.332. The van der Waals surface area contributed by atoms with E-state index < -0.39 is 0 Å². The van der Waals surface area contributed by atoms with E-state index in [-0.39, 0.29) is 22.9 Å². The van der Waals surface area contributed by atoms with Gasteiger partial charge in [-0.1, -0.05) is 12.7 Å². The van der Waals surface area contributed by atoms with Crippen molar-refractivity contribution in [3.8, 4) is 0 Å². The van der Waals surface area contributed by atoms with Gasteiger partial charge in [0.2, 0.25) is 5.43 Å². The van der Waals surface area contributed by atoms with E-state index in [0.29, 0.717) is 55.3 Å². The summed E-state index contributed by atoms with van der Waals surface area (Å²) in [4.78, 5) is 53.5. The molecule has 38 heavy (non-hydrogen) atoms. The van der Waals surface area contributed by atoms with Gasteiger partial charge < -0.3 is 24.3 Å². The molecule has 0 radical (unpaired) electrons. The third-order valence-corrected chi connectivity index (χ3v) is 8.12. The van der Waals surface area contributed by atoms with E-state index in [4.69, 9.17) is 9.72 Å².